The fourth-order valence-electron chi connectivity index (χ4n) is 14.4. The number of hydrogen-bond acceptors (Lipinski definition) is 12. The summed E-state index contributed by atoms with van der Waals surface area (Å²) >= 11 is 0. The van der Waals surface area contributed by atoms with E-state index in [4.69, 9.17) is 9.47 Å². The molecule has 4 bridgehead atoms. The third-order valence-corrected chi connectivity index (χ3v) is 17.8. The van der Waals surface area contributed by atoms with Gasteiger partial charge in [0.15, 0.2) is 0 Å². The summed E-state index contributed by atoms with van der Waals surface area (Å²) in [4.78, 5) is 64.4. The number of hydrogen-bond donors (Lipinski definition) is 4. The van der Waals surface area contributed by atoms with Gasteiger partial charge in [-0.15, -0.1) is 0 Å². The second-order valence-corrected chi connectivity index (χ2v) is 21.1. The van der Waals surface area contributed by atoms with E-state index in [1.165, 1.54) is 16.0 Å². The number of urea groups is 2. The van der Waals surface area contributed by atoms with Crippen LogP contribution in [0.25, 0.3) is 0 Å². The van der Waals surface area contributed by atoms with Crippen molar-refractivity contribution in [2.75, 3.05) is 94.8 Å². The maximum absolute atomic E-state index is 13.8. The molecule has 16 heteroatoms. The quantitative estimate of drug-likeness (QED) is 0.254. The number of carbonyl (C=O) groups excluding carboxylic acids is 4. The van der Waals surface area contributed by atoms with Crippen molar-refractivity contribution in [1.29, 1.82) is 0 Å². The van der Waals surface area contributed by atoms with E-state index in [9.17, 15) is 29.4 Å². The molecule has 6 fully saturated rings. The number of nitrogens with zero attached hydrogens (tertiary/aromatic N) is 6. The molecular formula is C52H80N8O8. The summed E-state index contributed by atoms with van der Waals surface area (Å²) in [6, 6.07) is 11.7. The standard InChI is InChI=1S/C27H40N4O4.C23H32N4O4.2CH4/c1-6-30-23(32)26(31(7-2)24(30)33)10-11-27(34)22-16-19-8-9-20(35-5)17-21(19)25(27,18-26)12-13-29(22)15-14-28(3)4;1-26(2)10-11-27-9-8-21-14-22(19(28)24-20(29)25-22)6-7-23(21,30)18(27)12-15-4-5-16(31-3)13-17(15)21;;/h8-9,17,22,34H,6-7,10-16,18H2,1-5H3;4-5,13,18,30H,6-12,14H2,1-3H3,(H2,24,25,28,29);2*1H4/t22-,25-,26+,27-;18-,21-,22+,23-;;/m11../s1. The Morgan fingerprint density at radius 3 is 1.63 bits per heavy atom. The van der Waals surface area contributed by atoms with Crippen molar-refractivity contribution in [2.45, 2.75) is 138 Å². The van der Waals surface area contributed by atoms with Crippen LogP contribution >= 0.6 is 0 Å². The number of fused-ring (bicyclic) bond motifs is 2. The molecule has 4 heterocycles. The molecule has 16 nitrogen and oxygen atoms in total. The van der Waals surface area contributed by atoms with Gasteiger partial charge in [0.2, 0.25) is 0 Å². The number of aliphatic hydroxyl groups is 2. The highest BCUT2D eigenvalue weighted by atomic mass is 16.5. The first kappa shape index (κ1) is 51.5. The molecule has 8 atom stereocenters. The smallest absolute Gasteiger partial charge is 0.327 e. The number of carbonyl (C=O) groups is 4. The summed E-state index contributed by atoms with van der Waals surface area (Å²) < 4.78 is 11.1. The fourth-order valence-corrected chi connectivity index (χ4v) is 14.4. The van der Waals surface area contributed by atoms with E-state index in [0.717, 1.165) is 87.6 Å². The van der Waals surface area contributed by atoms with E-state index in [1.807, 2.05) is 32.0 Å². The molecule has 2 aromatic rings. The molecule has 0 aromatic heterocycles. The Kier molecular flexibility index (Phi) is 14.0. The monoisotopic (exact) mass is 945 g/mol. The van der Waals surface area contributed by atoms with E-state index in [-0.39, 0.29) is 44.8 Å². The number of amides is 6. The van der Waals surface area contributed by atoms with Crippen molar-refractivity contribution in [3.8, 4) is 11.5 Å². The van der Waals surface area contributed by atoms with Crippen LogP contribution in [0.4, 0.5) is 9.59 Å². The molecule has 376 valence electrons. The first-order valence-electron chi connectivity index (χ1n) is 24.2. The van der Waals surface area contributed by atoms with Crippen LogP contribution in [0, 0.1) is 0 Å². The van der Waals surface area contributed by atoms with Gasteiger partial charge in [-0.1, -0.05) is 27.0 Å². The van der Waals surface area contributed by atoms with Gasteiger partial charge >= 0.3 is 12.1 Å². The van der Waals surface area contributed by atoms with E-state index in [1.54, 1.807) is 19.1 Å². The van der Waals surface area contributed by atoms with Crippen LogP contribution in [0.15, 0.2) is 36.4 Å². The van der Waals surface area contributed by atoms with Crippen LogP contribution in [-0.4, -0.2) is 193 Å². The van der Waals surface area contributed by atoms with E-state index < -0.39 is 39.1 Å². The fraction of sp³-hybridized carbons (Fsp3) is 0.692. The maximum Gasteiger partial charge on any atom is 0.327 e. The zero-order valence-electron chi connectivity index (χ0n) is 40.4. The Labute approximate surface area is 404 Å². The molecular weight excluding hydrogens is 865 g/mol. The van der Waals surface area contributed by atoms with Gasteiger partial charge in [0.05, 0.1) is 25.4 Å². The molecule has 4 saturated heterocycles. The van der Waals surface area contributed by atoms with Crippen LogP contribution in [0.1, 0.15) is 102 Å². The third kappa shape index (κ3) is 7.44. The lowest BCUT2D eigenvalue weighted by molar-refractivity contribution is -0.188. The van der Waals surface area contributed by atoms with Gasteiger partial charge < -0.3 is 39.7 Å². The first-order chi connectivity index (χ1) is 31.4. The minimum Gasteiger partial charge on any atom is -0.497 e. The zero-order valence-corrected chi connectivity index (χ0v) is 40.4. The van der Waals surface area contributed by atoms with E-state index >= 15 is 0 Å². The molecule has 2 aromatic carbocycles. The lowest BCUT2D eigenvalue weighted by Crippen LogP contribution is -2.76. The van der Waals surface area contributed by atoms with Crippen LogP contribution in [-0.2, 0) is 33.3 Å². The molecule has 6 amide bonds. The highest BCUT2D eigenvalue weighted by Crippen LogP contribution is 2.63. The Hall–Kier alpha value is -4.32. The number of methoxy groups -OCH3 is 2. The first-order valence-corrected chi connectivity index (χ1v) is 24.2. The second kappa shape index (κ2) is 18.5. The lowest BCUT2D eigenvalue weighted by Gasteiger charge is -2.66. The normalized spacial score (nSPS) is 34.5. The number of rotatable bonds is 10. The molecule has 0 radical (unpaired) electrons. The van der Waals surface area contributed by atoms with E-state index in [2.05, 4.69) is 76.6 Å². The van der Waals surface area contributed by atoms with E-state index in [0.29, 0.717) is 51.6 Å². The van der Waals surface area contributed by atoms with Crippen LogP contribution in [0.3, 0.4) is 0 Å². The summed E-state index contributed by atoms with van der Waals surface area (Å²) in [6.45, 7) is 10.0. The number of ether oxygens (including phenoxy) is 2. The van der Waals surface area contributed by atoms with Crippen molar-refractivity contribution in [1.82, 2.24) is 40.0 Å². The highest BCUT2D eigenvalue weighted by molar-refractivity contribution is 6.08. The zero-order chi connectivity index (χ0) is 47.2. The number of likely N-dealkylation sites (N-methyl/N-ethyl adjacent to an activating group) is 4. The van der Waals surface area contributed by atoms with Gasteiger partial charge in [0.25, 0.3) is 11.8 Å². The van der Waals surface area contributed by atoms with Crippen molar-refractivity contribution in [3.63, 3.8) is 0 Å². The highest BCUT2D eigenvalue weighted by Gasteiger charge is 2.72. The molecule has 4 N–H and O–H groups in total. The predicted octanol–water partition coefficient (Wildman–Crippen LogP) is 3.97. The maximum atomic E-state index is 13.8. The second-order valence-electron chi connectivity index (χ2n) is 21.1. The van der Waals surface area contributed by atoms with Crippen molar-refractivity contribution >= 4 is 23.9 Å². The lowest BCUT2D eigenvalue weighted by atomic mass is 9.46. The molecule has 0 unspecified atom stereocenters. The minimum atomic E-state index is -0.968. The Balaban J connectivity index is 0.000000197. The number of piperidine rings is 2. The number of imide groups is 2. The Morgan fingerprint density at radius 1 is 0.691 bits per heavy atom. The van der Waals surface area contributed by atoms with Gasteiger partial charge in [-0.25, -0.2) is 9.59 Å². The Morgan fingerprint density at radius 2 is 1.19 bits per heavy atom. The average molecular weight is 945 g/mol. The largest absolute Gasteiger partial charge is 0.497 e. The summed E-state index contributed by atoms with van der Waals surface area (Å²) in [5, 5.41) is 30.4. The summed E-state index contributed by atoms with van der Waals surface area (Å²) in [6.07, 6.45) is 5.83. The van der Waals surface area contributed by atoms with Gasteiger partial charge in [-0.3, -0.25) is 29.6 Å². The molecule has 4 aliphatic carbocycles. The molecule has 2 spiro atoms. The molecule has 4 aliphatic heterocycles. The summed E-state index contributed by atoms with van der Waals surface area (Å²) in [7, 11) is 11.6. The number of benzene rings is 2. The topological polar surface area (TPSA) is 171 Å². The minimum absolute atomic E-state index is 0. The Bertz CT molecular complexity index is 2280. The van der Waals surface area contributed by atoms with Crippen LogP contribution in [0.5, 0.6) is 11.5 Å². The number of likely N-dealkylation sites (tertiary alicyclic amines) is 2. The van der Waals surface area contributed by atoms with Crippen molar-refractivity contribution in [3.05, 3.63) is 58.7 Å². The third-order valence-electron chi connectivity index (χ3n) is 17.8. The SMILES string of the molecule is C.C.CCN1C(=O)N(CC)[C@]2(CC[C@@]3(O)[C@H]4Cc5ccc(OC)cc5[C@@]3(CCN4CCN(C)C)C2)C1=O.COc1ccc2c(c1)[C@]13CCN(CCN(C)C)[C@H](C2)[C@]1(O)CC[C@@]1(C3)NC(=O)NC1=O. The van der Waals surface area contributed by atoms with Gasteiger partial charge in [0.1, 0.15) is 22.6 Å². The summed E-state index contributed by atoms with van der Waals surface area (Å²) in [5.74, 6) is 1.16. The number of nitrogens with one attached hydrogen (secondary N) is 2. The van der Waals surface area contributed by atoms with Crippen molar-refractivity contribution in [2.24, 2.45) is 0 Å². The van der Waals surface area contributed by atoms with Gasteiger partial charge in [0, 0.05) is 62.2 Å². The average Bonchev–Trinajstić information content (AvgIpc) is 3.67. The molecule has 2 saturated carbocycles. The molecule has 10 rings (SSSR count). The van der Waals surface area contributed by atoms with Crippen molar-refractivity contribution < 1.29 is 38.9 Å². The van der Waals surface area contributed by atoms with Crippen LogP contribution in [0.2, 0.25) is 0 Å². The predicted molar refractivity (Wildman–Crippen MR) is 262 cm³/mol. The van der Waals surface area contributed by atoms with Crippen LogP contribution < -0.4 is 20.1 Å². The summed E-state index contributed by atoms with van der Waals surface area (Å²) in [5.41, 5.74) is -0.411. The molecule has 8 aliphatic rings. The molecule has 68 heavy (non-hydrogen) atoms. The van der Waals surface area contributed by atoms with Gasteiger partial charge in [-0.2, -0.15) is 0 Å². The van der Waals surface area contributed by atoms with Gasteiger partial charge in [-0.05, 0) is 166 Å².